The summed E-state index contributed by atoms with van der Waals surface area (Å²) in [7, 11) is 0. The van der Waals surface area contributed by atoms with Crippen LogP contribution in [-0.2, 0) is 12.8 Å². The highest BCUT2D eigenvalue weighted by molar-refractivity contribution is 5.24. The van der Waals surface area contributed by atoms with Crippen molar-refractivity contribution in [2.45, 2.75) is 25.3 Å². The Morgan fingerprint density at radius 2 is 2.50 bits per heavy atom. The van der Waals surface area contributed by atoms with Crippen LogP contribution in [0.3, 0.4) is 0 Å². The molecule has 1 aromatic heterocycles. The summed E-state index contributed by atoms with van der Waals surface area (Å²) < 4.78 is 0. The van der Waals surface area contributed by atoms with Crippen molar-refractivity contribution in [3.8, 4) is 0 Å². The highest BCUT2D eigenvalue weighted by Crippen LogP contribution is 2.18. The molecule has 0 radical (unpaired) electrons. The summed E-state index contributed by atoms with van der Waals surface area (Å²) in [5.41, 5.74) is 8.60. The predicted octanol–water partition coefficient (Wildman–Crippen LogP) is 0.831. The lowest BCUT2D eigenvalue weighted by molar-refractivity contribution is 0.572. The van der Waals surface area contributed by atoms with Crippen LogP contribution in [0.4, 0.5) is 0 Å². The Hall–Kier alpha value is -0.760. The number of hydrogen-bond donors (Lipinski definition) is 2. The van der Waals surface area contributed by atoms with Gasteiger partial charge in [-0.3, -0.25) is 0 Å². The topological polar surface area (TPSA) is 41.8 Å². The van der Waals surface area contributed by atoms with Crippen LogP contribution in [-0.4, -0.2) is 11.0 Å². The number of hydrogen-bond acceptors (Lipinski definition) is 1. The molecule has 0 bridgehead atoms. The molecule has 0 aromatic carbocycles. The zero-order valence-corrected chi connectivity index (χ0v) is 5.93. The number of aromatic nitrogens is 1. The average Bonchev–Trinajstić information content (AvgIpc) is 2.33. The zero-order valence-electron chi connectivity index (χ0n) is 5.93. The van der Waals surface area contributed by atoms with Crippen molar-refractivity contribution in [1.29, 1.82) is 0 Å². The molecule has 1 aliphatic rings. The minimum Gasteiger partial charge on any atom is -0.365 e. The van der Waals surface area contributed by atoms with Crippen molar-refractivity contribution >= 4 is 0 Å². The molecule has 0 spiro atoms. The molecule has 1 aromatic rings. The number of aryl methyl sites for hydroxylation is 1. The zero-order chi connectivity index (χ0) is 6.97. The van der Waals surface area contributed by atoms with Crippen molar-refractivity contribution < 1.29 is 0 Å². The Balaban J connectivity index is 2.30. The van der Waals surface area contributed by atoms with E-state index in [-0.39, 0.29) is 0 Å². The second-order valence-corrected chi connectivity index (χ2v) is 2.98. The fourth-order valence-corrected chi connectivity index (χ4v) is 1.57. The molecule has 0 fully saturated rings. The third-order valence-corrected chi connectivity index (χ3v) is 2.18. The second-order valence-electron chi connectivity index (χ2n) is 2.98. The van der Waals surface area contributed by atoms with Crippen LogP contribution >= 0.6 is 0 Å². The standard InChI is InChI=1S/C8H12N2/c9-7-1-2-8-6(5-7)3-4-10-8/h3-4,7,10H,1-2,5,9H2/t7-/m0/s1. The molecule has 1 heterocycles. The Labute approximate surface area is 60.4 Å². The minimum atomic E-state index is 0.392. The van der Waals surface area contributed by atoms with E-state index in [1.807, 2.05) is 6.20 Å². The highest BCUT2D eigenvalue weighted by Gasteiger charge is 2.14. The molecular formula is C8H12N2. The van der Waals surface area contributed by atoms with E-state index in [1.54, 1.807) is 0 Å². The number of nitrogens with one attached hydrogen (secondary N) is 1. The highest BCUT2D eigenvalue weighted by atomic mass is 14.7. The third kappa shape index (κ3) is 0.847. The summed E-state index contributed by atoms with van der Waals surface area (Å²) in [6.45, 7) is 0. The van der Waals surface area contributed by atoms with Crippen molar-refractivity contribution in [3.05, 3.63) is 23.5 Å². The average molecular weight is 136 g/mol. The van der Waals surface area contributed by atoms with E-state index < -0.39 is 0 Å². The second kappa shape index (κ2) is 2.13. The van der Waals surface area contributed by atoms with Crippen molar-refractivity contribution in [2.24, 2.45) is 5.73 Å². The monoisotopic (exact) mass is 136 g/mol. The molecule has 0 saturated carbocycles. The summed E-state index contributed by atoms with van der Waals surface area (Å²) in [5.74, 6) is 0. The number of aromatic amines is 1. The first kappa shape index (κ1) is 5.98. The van der Waals surface area contributed by atoms with Gasteiger partial charge in [-0.05, 0) is 30.9 Å². The maximum atomic E-state index is 5.79. The molecule has 1 atom stereocenters. The Kier molecular flexibility index (Phi) is 1.27. The Morgan fingerprint density at radius 1 is 1.60 bits per heavy atom. The summed E-state index contributed by atoms with van der Waals surface area (Å²) in [6, 6.07) is 2.53. The molecule has 54 valence electrons. The van der Waals surface area contributed by atoms with Gasteiger partial charge in [0.15, 0.2) is 0 Å². The van der Waals surface area contributed by atoms with Gasteiger partial charge in [-0.25, -0.2) is 0 Å². The quantitative estimate of drug-likeness (QED) is 0.545. The molecular weight excluding hydrogens is 124 g/mol. The van der Waals surface area contributed by atoms with Gasteiger partial charge in [0.2, 0.25) is 0 Å². The summed E-state index contributed by atoms with van der Waals surface area (Å²) >= 11 is 0. The van der Waals surface area contributed by atoms with Gasteiger partial charge in [-0.15, -0.1) is 0 Å². The van der Waals surface area contributed by atoms with Gasteiger partial charge >= 0.3 is 0 Å². The molecule has 0 aliphatic heterocycles. The maximum absolute atomic E-state index is 5.79. The molecule has 1 aliphatic carbocycles. The van der Waals surface area contributed by atoms with Crippen LogP contribution in [0.1, 0.15) is 17.7 Å². The largest absolute Gasteiger partial charge is 0.365 e. The van der Waals surface area contributed by atoms with Crippen LogP contribution in [0.5, 0.6) is 0 Å². The molecule has 2 nitrogen and oxygen atoms in total. The van der Waals surface area contributed by atoms with E-state index in [4.69, 9.17) is 5.73 Å². The maximum Gasteiger partial charge on any atom is 0.0180 e. The first-order valence-electron chi connectivity index (χ1n) is 3.77. The lowest BCUT2D eigenvalue weighted by atomic mass is 9.94. The molecule has 0 amide bonds. The molecule has 2 heteroatoms. The van der Waals surface area contributed by atoms with E-state index >= 15 is 0 Å². The van der Waals surface area contributed by atoms with E-state index in [2.05, 4.69) is 11.1 Å². The van der Waals surface area contributed by atoms with E-state index in [9.17, 15) is 0 Å². The smallest absolute Gasteiger partial charge is 0.0180 e. The van der Waals surface area contributed by atoms with Gasteiger partial charge in [0.1, 0.15) is 0 Å². The minimum absolute atomic E-state index is 0.392. The Morgan fingerprint density at radius 3 is 3.40 bits per heavy atom. The number of H-pyrrole nitrogens is 1. The van der Waals surface area contributed by atoms with Gasteiger partial charge in [-0.1, -0.05) is 0 Å². The Bertz CT molecular complexity index is 227. The van der Waals surface area contributed by atoms with Crippen LogP contribution in [0.2, 0.25) is 0 Å². The van der Waals surface area contributed by atoms with Crippen molar-refractivity contribution in [1.82, 2.24) is 4.98 Å². The summed E-state index contributed by atoms with van der Waals surface area (Å²) in [4.78, 5) is 3.22. The van der Waals surface area contributed by atoms with Crippen LogP contribution in [0, 0.1) is 0 Å². The molecule has 0 saturated heterocycles. The third-order valence-electron chi connectivity index (χ3n) is 2.18. The lowest BCUT2D eigenvalue weighted by Gasteiger charge is -2.17. The van der Waals surface area contributed by atoms with Gasteiger partial charge in [0.25, 0.3) is 0 Å². The summed E-state index contributed by atoms with van der Waals surface area (Å²) in [6.07, 6.45) is 5.32. The number of nitrogens with two attached hydrogens (primary N) is 1. The molecule has 2 rings (SSSR count). The first-order valence-corrected chi connectivity index (χ1v) is 3.77. The van der Waals surface area contributed by atoms with Crippen LogP contribution in [0.25, 0.3) is 0 Å². The van der Waals surface area contributed by atoms with Crippen LogP contribution < -0.4 is 5.73 Å². The van der Waals surface area contributed by atoms with Gasteiger partial charge in [0, 0.05) is 17.9 Å². The number of fused-ring (bicyclic) bond motifs is 1. The molecule has 0 unspecified atom stereocenters. The normalized spacial score (nSPS) is 24.3. The SMILES string of the molecule is N[C@H]1CCc2[nH]ccc2C1. The molecule has 3 N–H and O–H groups in total. The van der Waals surface area contributed by atoms with Crippen LogP contribution in [0.15, 0.2) is 12.3 Å². The van der Waals surface area contributed by atoms with Crippen molar-refractivity contribution in [2.75, 3.05) is 0 Å². The first-order chi connectivity index (χ1) is 4.86. The summed E-state index contributed by atoms with van der Waals surface area (Å²) in [5, 5.41) is 0. The number of rotatable bonds is 0. The van der Waals surface area contributed by atoms with E-state index in [0.717, 1.165) is 19.3 Å². The van der Waals surface area contributed by atoms with E-state index in [1.165, 1.54) is 11.3 Å². The fourth-order valence-electron chi connectivity index (χ4n) is 1.57. The van der Waals surface area contributed by atoms with E-state index in [0.29, 0.717) is 6.04 Å². The predicted molar refractivity (Wildman–Crippen MR) is 40.8 cm³/mol. The van der Waals surface area contributed by atoms with Gasteiger partial charge in [-0.2, -0.15) is 0 Å². The van der Waals surface area contributed by atoms with Gasteiger partial charge < -0.3 is 10.7 Å². The lowest BCUT2D eigenvalue weighted by Crippen LogP contribution is -2.27. The van der Waals surface area contributed by atoms with Crippen molar-refractivity contribution in [3.63, 3.8) is 0 Å². The fraction of sp³-hybridized carbons (Fsp3) is 0.500. The molecule has 10 heavy (non-hydrogen) atoms. The van der Waals surface area contributed by atoms with Gasteiger partial charge in [0.05, 0.1) is 0 Å².